The van der Waals surface area contributed by atoms with E-state index >= 15 is 0 Å². The second kappa shape index (κ2) is 5.49. The van der Waals surface area contributed by atoms with Gasteiger partial charge in [0.2, 0.25) is 0 Å². The molecule has 1 aromatic carbocycles. The molecule has 7 heteroatoms. The fraction of sp³-hybridized carbons (Fsp3) is 0.400. The summed E-state index contributed by atoms with van der Waals surface area (Å²) in [6.45, 7) is 1.14. The van der Waals surface area contributed by atoms with Crippen LogP contribution in [0.15, 0.2) is 17.2 Å². The van der Waals surface area contributed by atoms with Gasteiger partial charge in [0, 0.05) is 21.7 Å². The van der Waals surface area contributed by atoms with Crippen molar-refractivity contribution in [1.29, 1.82) is 0 Å². The smallest absolute Gasteiger partial charge is 0.134 e. The summed E-state index contributed by atoms with van der Waals surface area (Å²) < 4.78 is 13.7. The van der Waals surface area contributed by atoms with Gasteiger partial charge in [-0.1, -0.05) is 11.2 Å². The lowest BCUT2D eigenvalue weighted by atomic mass is 10.0. The Morgan fingerprint density at radius 3 is 2.76 bits per heavy atom. The molecule has 4 N–H and O–H groups in total. The second-order valence-electron chi connectivity index (χ2n) is 3.61. The summed E-state index contributed by atoms with van der Waals surface area (Å²) in [5.41, 5.74) is 14.0. The molecular weight excluding hydrogens is 227 g/mol. The Bertz CT molecular complexity index is 460. The molecule has 0 aliphatic carbocycles. The molecule has 0 radical (unpaired) electrons. The monoisotopic (exact) mass is 240 g/mol. The fourth-order valence-corrected chi connectivity index (χ4v) is 1.38. The minimum Gasteiger partial charge on any atom is -0.398 e. The lowest BCUT2D eigenvalue weighted by Crippen LogP contribution is -2.22. The van der Waals surface area contributed by atoms with Crippen molar-refractivity contribution in [3.05, 3.63) is 39.5 Å². The van der Waals surface area contributed by atoms with E-state index in [-0.39, 0.29) is 23.4 Å². The van der Waals surface area contributed by atoms with Crippen LogP contribution in [-0.2, 0) is 0 Å². The Labute approximate surface area is 97.1 Å². The van der Waals surface area contributed by atoms with Gasteiger partial charge in [0.15, 0.2) is 0 Å². The van der Waals surface area contributed by atoms with Crippen LogP contribution in [0.2, 0.25) is 0 Å². The summed E-state index contributed by atoms with van der Waals surface area (Å²) in [5.74, 6) is -0.669. The first-order chi connectivity index (χ1) is 7.99. The maximum Gasteiger partial charge on any atom is 0.134 e. The van der Waals surface area contributed by atoms with Crippen LogP contribution in [0.4, 0.5) is 10.1 Å². The fourth-order valence-electron chi connectivity index (χ4n) is 1.38. The van der Waals surface area contributed by atoms with Crippen LogP contribution in [0.1, 0.15) is 17.2 Å². The van der Waals surface area contributed by atoms with E-state index in [1.165, 1.54) is 19.1 Å². The van der Waals surface area contributed by atoms with E-state index in [2.05, 4.69) is 10.0 Å². The van der Waals surface area contributed by atoms with Crippen molar-refractivity contribution < 1.29 is 14.6 Å². The van der Waals surface area contributed by atoms with E-state index in [0.717, 1.165) is 0 Å². The van der Waals surface area contributed by atoms with Crippen LogP contribution in [0.3, 0.4) is 0 Å². The average molecular weight is 240 g/mol. The molecule has 0 bridgehead atoms. The minimum absolute atomic E-state index is 0.0719. The molecule has 0 saturated carbocycles. The molecule has 0 fully saturated rings. The van der Waals surface area contributed by atoms with Gasteiger partial charge in [-0.3, -0.25) is 0 Å². The van der Waals surface area contributed by atoms with Crippen molar-refractivity contribution >= 4 is 5.69 Å². The molecule has 17 heavy (non-hydrogen) atoms. The Morgan fingerprint density at radius 2 is 2.18 bits per heavy atom. The molecule has 0 aromatic heterocycles. The summed E-state index contributed by atoms with van der Waals surface area (Å²) in [6.07, 6.45) is -2.82. The highest BCUT2D eigenvalue weighted by atomic mass is 19.1. The average Bonchev–Trinajstić information content (AvgIpc) is 2.32. The first kappa shape index (κ1) is 13.2. The van der Waals surface area contributed by atoms with Crippen molar-refractivity contribution in [2.24, 2.45) is 5.11 Å². The Morgan fingerprint density at radius 1 is 1.53 bits per heavy atom. The maximum atomic E-state index is 13.7. The van der Waals surface area contributed by atoms with Gasteiger partial charge in [-0.25, -0.2) is 4.39 Å². The molecule has 1 rings (SSSR count). The second-order valence-corrected chi connectivity index (χ2v) is 3.61. The van der Waals surface area contributed by atoms with Gasteiger partial charge in [-0.15, -0.1) is 0 Å². The maximum absolute atomic E-state index is 13.7. The highest BCUT2D eigenvalue weighted by Gasteiger charge is 2.22. The van der Waals surface area contributed by atoms with Gasteiger partial charge >= 0.3 is 0 Å². The zero-order valence-corrected chi connectivity index (χ0v) is 9.21. The number of anilines is 1. The number of hydrogen-bond acceptors (Lipinski definition) is 4. The molecule has 0 heterocycles. The van der Waals surface area contributed by atoms with Crippen LogP contribution >= 0.6 is 0 Å². The number of nitrogens with two attached hydrogens (primary N) is 1. The number of rotatable bonds is 4. The van der Waals surface area contributed by atoms with Crippen LogP contribution in [-0.4, -0.2) is 22.9 Å². The standard InChI is InChI=1S/C10H13FN4O2/c1-5-7(12)3-2-6(9(5)11)10(17)8(16)4-14-15-13/h2-3,8,10,16-17H,4,12H2,1H3. The zero-order valence-electron chi connectivity index (χ0n) is 9.21. The third-order valence-electron chi connectivity index (χ3n) is 2.47. The topological polar surface area (TPSA) is 115 Å². The quantitative estimate of drug-likeness (QED) is 0.320. The Balaban J connectivity index is 3.00. The lowest BCUT2D eigenvalue weighted by Gasteiger charge is -2.18. The molecular formula is C10H13FN4O2. The van der Waals surface area contributed by atoms with E-state index in [4.69, 9.17) is 11.3 Å². The van der Waals surface area contributed by atoms with Crippen LogP contribution < -0.4 is 5.73 Å². The van der Waals surface area contributed by atoms with Gasteiger partial charge in [-0.2, -0.15) is 0 Å². The molecule has 6 nitrogen and oxygen atoms in total. The van der Waals surface area contributed by atoms with E-state index in [0.29, 0.717) is 0 Å². The van der Waals surface area contributed by atoms with Gasteiger partial charge in [0.1, 0.15) is 11.9 Å². The molecule has 0 aliphatic rings. The van der Waals surface area contributed by atoms with Crippen molar-refractivity contribution in [1.82, 2.24) is 0 Å². The molecule has 2 unspecified atom stereocenters. The number of nitrogen functional groups attached to an aromatic ring is 1. The highest BCUT2D eigenvalue weighted by Crippen LogP contribution is 2.25. The van der Waals surface area contributed by atoms with E-state index < -0.39 is 18.0 Å². The number of aliphatic hydroxyl groups excluding tert-OH is 2. The van der Waals surface area contributed by atoms with Gasteiger partial charge < -0.3 is 15.9 Å². The van der Waals surface area contributed by atoms with Crippen molar-refractivity contribution in [2.75, 3.05) is 12.3 Å². The molecule has 1 aromatic rings. The largest absolute Gasteiger partial charge is 0.398 e. The molecule has 0 saturated heterocycles. The summed E-state index contributed by atoms with van der Waals surface area (Å²) in [4.78, 5) is 2.45. The molecule has 92 valence electrons. The minimum atomic E-state index is -1.46. The summed E-state index contributed by atoms with van der Waals surface area (Å²) >= 11 is 0. The third kappa shape index (κ3) is 2.85. The third-order valence-corrected chi connectivity index (χ3v) is 2.47. The first-order valence-corrected chi connectivity index (χ1v) is 4.90. The number of aliphatic hydroxyl groups is 2. The number of azide groups is 1. The number of halogens is 1. The number of hydrogen-bond donors (Lipinski definition) is 3. The SMILES string of the molecule is Cc1c(N)ccc(C(O)C(O)CN=[N+]=[N-])c1F. The van der Waals surface area contributed by atoms with Crippen molar-refractivity contribution in [2.45, 2.75) is 19.1 Å². The molecule has 0 spiro atoms. The zero-order chi connectivity index (χ0) is 13.0. The van der Waals surface area contributed by atoms with Crippen molar-refractivity contribution in [3.63, 3.8) is 0 Å². The molecule has 2 atom stereocenters. The van der Waals surface area contributed by atoms with Gasteiger partial charge in [0.25, 0.3) is 0 Å². The molecule has 0 aliphatic heterocycles. The highest BCUT2D eigenvalue weighted by molar-refractivity contribution is 5.49. The molecule has 0 amide bonds. The summed E-state index contributed by atoms with van der Waals surface area (Å²) in [6, 6.07) is 2.74. The predicted octanol–water partition coefficient (Wildman–Crippen LogP) is 1.42. The number of benzene rings is 1. The van der Waals surface area contributed by atoms with Crippen LogP contribution in [0.25, 0.3) is 10.4 Å². The van der Waals surface area contributed by atoms with Gasteiger partial charge in [0.05, 0.1) is 12.6 Å². The van der Waals surface area contributed by atoms with Gasteiger partial charge in [-0.05, 0) is 18.5 Å². The lowest BCUT2D eigenvalue weighted by molar-refractivity contribution is 0.0222. The van der Waals surface area contributed by atoms with Crippen LogP contribution in [0, 0.1) is 12.7 Å². The Kier molecular flexibility index (Phi) is 4.28. The van der Waals surface area contributed by atoms with E-state index in [1.54, 1.807) is 0 Å². The normalized spacial score (nSPS) is 13.9. The van der Waals surface area contributed by atoms with E-state index in [9.17, 15) is 14.6 Å². The Hall–Kier alpha value is -1.82. The summed E-state index contributed by atoms with van der Waals surface area (Å²) in [5, 5.41) is 22.3. The number of nitrogens with zero attached hydrogens (tertiary/aromatic N) is 3. The van der Waals surface area contributed by atoms with Crippen molar-refractivity contribution in [3.8, 4) is 0 Å². The predicted molar refractivity (Wildman–Crippen MR) is 60.5 cm³/mol. The summed E-state index contributed by atoms with van der Waals surface area (Å²) in [7, 11) is 0. The van der Waals surface area contributed by atoms with Crippen LogP contribution in [0.5, 0.6) is 0 Å². The first-order valence-electron chi connectivity index (χ1n) is 4.90. The van der Waals surface area contributed by atoms with E-state index in [1.807, 2.05) is 0 Å².